The number of aromatic nitrogens is 1. The highest BCUT2D eigenvalue weighted by molar-refractivity contribution is 5.75. The van der Waals surface area contributed by atoms with Crippen LogP contribution >= 0.6 is 0 Å². The van der Waals surface area contributed by atoms with Gasteiger partial charge in [0.25, 0.3) is 5.69 Å². The second-order valence-electron chi connectivity index (χ2n) is 3.26. The Morgan fingerprint density at radius 1 is 1.44 bits per heavy atom. The van der Waals surface area contributed by atoms with Crippen molar-refractivity contribution in [2.75, 3.05) is 0 Å². The Morgan fingerprint density at radius 3 is 2.81 bits per heavy atom. The predicted molar refractivity (Wildman–Crippen MR) is 60.3 cm³/mol. The molecule has 1 aromatic heterocycles. The number of nitrogens with one attached hydrogen (secondary N) is 1. The molecule has 1 N–H and O–H groups in total. The van der Waals surface area contributed by atoms with Crippen LogP contribution < -0.4 is 5.32 Å². The van der Waals surface area contributed by atoms with Crippen molar-refractivity contribution in [3.05, 3.63) is 64.8 Å². The number of allylic oxidation sites excluding steroid dienone is 3. The van der Waals surface area contributed by atoms with Gasteiger partial charge >= 0.3 is 0 Å². The molecule has 1 aliphatic heterocycles. The summed E-state index contributed by atoms with van der Waals surface area (Å²) in [7, 11) is 0. The summed E-state index contributed by atoms with van der Waals surface area (Å²) in [5.41, 5.74) is 2.31. The number of dihydropyridines is 1. The van der Waals surface area contributed by atoms with Crippen LogP contribution in [0.25, 0.3) is 5.57 Å². The maximum absolute atomic E-state index is 10.5. The monoisotopic (exact) mass is 215 g/mol. The van der Waals surface area contributed by atoms with Crippen LogP contribution in [0.15, 0.2) is 49.0 Å². The molecule has 0 saturated heterocycles. The van der Waals surface area contributed by atoms with Crippen LogP contribution in [-0.4, -0.2) is 9.91 Å². The summed E-state index contributed by atoms with van der Waals surface area (Å²) in [4.78, 5) is 14.0. The molecule has 5 nitrogen and oxygen atoms in total. The SMILES string of the molecule is C=C1C=C(c2ccc([N+](=O)[O-])cn2)C=CN1. The van der Waals surface area contributed by atoms with Crippen LogP contribution in [0.5, 0.6) is 0 Å². The van der Waals surface area contributed by atoms with Crippen molar-refractivity contribution in [1.29, 1.82) is 0 Å². The maximum Gasteiger partial charge on any atom is 0.287 e. The molecule has 0 bridgehead atoms. The van der Waals surface area contributed by atoms with Crippen molar-refractivity contribution in [1.82, 2.24) is 10.3 Å². The first kappa shape index (κ1) is 10.1. The largest absolute Gasteiger partial charge is 0.362 e. The fourth-order valence-corrected chi connectivity index (χ4v) is 1.34. The van der Waals surface area contributed by atoms with Crippen LogP contribution in [0.3, 0.4) is 0 Å². The van der Waals surface area contributed by atoms with Crippen LogP contribution in [0.1, 0.15) is 5.69 Å². The van der Waals surface area contributed by atoms with E-state index in [-0.39, 0.29) is 5.69 Å². The van der Waals surface area contributed by atoms with Crippen LogP contribution in [0.2, 0.25) is 0 Å². The van der Waals surface area contributed by atoms with E-state index in [0.29, 0.717) is 5.69 Å². The zero-order valence-corrected chi connectivity index (χ0v) is 8.38. The van der Waals surface area contributed by atoms with Gasteiger partial charge in [-0.3, -0.25) is 10.1 Å². The lowest BCUT2D eigenvalue weighted by molar-refractivity contribution is -0.385. The summed E-state index contributed by atoms with van der Waals surface area (Å²) < 4.78 is 0. The zero-order valence-electron chi connectivity index (χ0n) is 8.38. The summed E-state index contributed by atoms with van der Waals surface area (Å²) in [6, 6.07) is 3.05. The van der Waals surface area contributed by atoms with E-state index in [0.717, 1.165) is 11.3 Å². The van der Waals surface area contributed by atoms with Crippen LogP contribution in [0, 0.1) is 10.1 Å². The van der Waals surface area contributed by atoms with Crippen molar-refractivity contribution < 1.29 is 4.92 Å². The predicted octanol–water partition coefficient (Wildman–Crippen LogP) is 2.00. The van der Waals surface area contributed by atoms with Gasteiger partial charge in [-0.2, -0.15) is 0 Å². The second kappa shape index (κ2) is 3.98. The molecule has 1 aromatic rings. The molecule has 0 fully saturated rings. The second-order valence-corrected chi connectivity index (χ2v) is 3.26. The number of hydrogen-bond acceptors (Lipinski definition) is 4. The van der Waals surface area contributed by atoms with Gasteiger partial charge in [0.15, 0.2) is 0 Å². The Bertz CT molecular complexity index is 500. The first-order valence-corrected chi connectivity index (χ1v) is 4.61. The Kier molecular flexibility index (Phi) is 2.51. The summed E-state index contributed by atoms with van der Waals surface area (Å²) >= 11 is 0. The average molecular weight is 215 g/mol. The van der Waals surface area contributed by atoms with Gasteiger partial charge in [-0.05, 0) is 18.2 Å². The molecule has 0 spiro atoms. The van der Waals surface area contributed by atoms with Gasteiger partial charge in [0.2, 0.25) is 0 Å². The number of hydrogen-bond donors (Lipinski definition) is 1. The highest BCUT2D eigenvalue weighted by Crippen LogP contribution is 2.19. The number of pyridine rings is 1. The van der Waals surface area contributed by atoms with Gasteiger partial charge in [0, 0.05) is 23.5 Å². The maximum atomic E-state index is 10.5. The minimum Gasteiger partial charge on any atom is -0.362 e. The molecule has 80 valence electrons. The fraction of sp³-hybridized carbons (Fsp3) is 0. The molecule has 0 atom stereocenters. The smallest absolute Gasteiger partial charge is 0.287 e. The number of rotatable bonds is 2. The standard InChI is InChI=1S/C11H9N3O2/c1-8-6-9(4-5-12-8)11-3-2-10(7-13-11)14(15)16/h2-7,12H,1H2. The van der Waals surface area contributed by atoms with Crippen molar-refractivity contribution in [3.63, 3.8) is 0 Å². The first-order chi connectivity index (χ1) is 7.66. The molecule has 0 unspecified atom stereocenters. The van der Waals surface area contributed by atoms with Gasteiger partial charge in [-0.15, -0.1) is 0 Å². The first-order valence-electron chi connectivity index (χ1n) is 4.61. The molecule has 0 aromatic carbocycles. The highest BCUT2D eigenvalue weighted by atomic mass is 16.6. The minimum atomic E-state index is -0.470. The van der Waals surface area contributed by atoms with Crippen molar-refractivity contribution >= 4 is 11.3 Å². The minimum absolute atomic E-state index is 0.0129. The molecule has 16 heavy (non-hydrogen) atoms. The Morgan fingerprint density at radius 2 is 2.25 bits per heavy atom. The van der Waals surface area contributed by atoms with E-state index in [1.54, 1.807) is 12.3 Å². The molecular formula is C11H9N3O2. The summed E-state index contributed by atoms with van der Waals surface area (Å²) in [5.74, 6) is 0. The van der Waals surface area contributed by atoms with Gasteiger partial charge in [0.1, 0.15) is 6.20 Å². The van der Waals surface area contributed by atoms with Crippen molar-refractivity contribution in [3.8, 4) is 0 Å². The molecule has 1 aliphatic rings. The quantitative estimate of drug-likeness (QED) is 0.605. The molecule has 2 heterocycles. The Hall–Kier alpha value is -2.43. The van der Waals surface area contributed by atoms with E-state index in [4.69, 9.17) is 0 Å². The van der Waals surface area contributed by atoms with E-state index in [1.165, 1.54) is 12.3 Å². The lowest BCUT2D eigenvalue weighted by atomic mass is 10.1. The Balaban J connectivity index is 2.32. The third-order valence-corrected chi connectivity index (χ3v) is 2.12. The van der Waals surface area contributed by atoms with Crippen molar-refractivity contribution in [2.24, 2.45) is 0 Å². The lowest BCUT2D eigenvalue weighted by Gasteiger charge is -2.09. The van der Waals surface area contributed by atoms with E-state index in [9.17, 15) is 10.1 Å². The van der Waals surface area contributed by atoms with Crippen molar-refractivity contribution in [2.45, 2.75) is 0 Å². The molecule has 0 radical (unpaired) electrons. The van der Waals surface area contributed by atoms with Gasteiger partial charge in [-0.1, -0.05) is 6.58 Å². The van der Waals surface area contributed by atoms with E-state index < -0.39 is 4.92 Å². The summed E-state index contributed by atoms with van der Waals surface area (Å²) in [5, 5.41) is 13.4. The van der Waals surface area contributed by atoms with Crippen LogP contribution in [-0.2, 0) is 0 Å². The lowest BCUT2D eigenvalue weighted by Crippen LogP contribution is -2.05. The van der Waals surface area contributed by atoms with E-state index >= 15 is 0 Å². The molecule has 0 saturated carbocycles. The van der Waals surface area contributed by atoms with E-state index in [1.807, 2.05) is 12.2 Å². The average Bonchev–Trinajstić information content (AvgIpc) is 2.29. The fourth-order valence-electron chi connectivity index (χ4n) is 1.34. The van der Waals surface area contributed by atoms with Crippen LogP contribution in [0.4, 0.5) is 5.69 Å². The van der Waals surface area contributed by atoms with E-state index in [2.05, 4.69) is 16.9 Å². The third kappa shape index (κ3) is 1.98. The Labute approximate surface area is 92.0 Å². The molecule has 0 amide bonds. The number of nitro groups is 1. The number of nitrogens with zero attached hydrogens (tertiary/aromatic N) is 2. The summed E-state index contributed by atoms with van der Waals surface area (Å²) in [6.45, 7) is 3.76. The molecule has 0 aliphatic carbocycles. The molecular weight excluding hydrogens is 206 g/mol. The van der Waals surface area contributed by atoms with Gasteiger partial charge in [0.05, 0.1) is 10.6 Å². The zero-order chi connectivity index (χ0) is 11.5. The molecule has 5 heteroatoms. The summed E-state index contributed by atoms with van der Waals surface area (Å²) in [6.07, 6.45) is 6.66. The van der Waals surface area contributed by atoms with Gasteiger partial charge in [-0.25, -0.2) is 4.98 Å². The topological polar surface area (TPSA) is 68.1 Å². The highest BCUT2D eigenvalue weighted by Gasteiger charge is 2.08. The normalized spacial score (nSPS) is 14.2. The third-order valence-electron chi connectivity index (χ3n) is 2.12. The molecule has 2 rings (SSSR count). The van der Waals surface area contributed by atoms with Gasteiger partial charge < -0.3 is 5.32 Å².